The lowest BCUT2D eigenvalue weighted by Crippen LogP contribution is -2.45. The van der Waals surface area contributed by atoms with Crippen LogP contribution >= 0.6 is 0 Å². The minimum absolute atomic E-state index is 0.120. The van der Waals surface area contributed by atoms with Crippen molar-refractivity contribution in [2.75, 3.05) is 5.73 Å². The van der Waals surface area contributed by atoms with Gasteiger partial charge in [0.1, 0.15) is 34.0 Å². The Morgan fingerprint density at radius 1 is 0.323 bits per heavy atom. The molecule has 0 spiro atoms. The van der Waals surface area contributed by atoms with Crippen molar-refractivity contribution in [3.63, 3.8) is 0 Å². The van der Waals surface area contributed by atoms with Crippen LogP contribution in [-0.4, -0.2) is 71.8 Å². The van der Waals surface area contributed by atoms with Gasteiger partial charge < -0.3 is 35.0 Å². The van der Waals surface area contributed by atoms with E-state index in [1.54, 1.807) is 0 Å². The number of nitrogens with two attached hydrogens (primary N) is 1. The van der Waals surface area contributed by atoms with Gasteiger partial charge in [0.15, 0.2) is 5.82 Å². The van der Waals surface area contributed by atoms with Gasteiger partial charge in [0, 0.05) is 99.5 Å². The number of aromatic nitrogens is 9. The third kappa shape index (κ3) is 31.7. The van der Waals surface area contributed by atoms with E-state index in [2.05, 4.69) is 272 Å². The topological polar surface area (TPSA) is 197 Å². The third-order valence-corrected chi connectivity index (χ3v) is 25.3. The monoisotopic (exact) mass is 1760 g/mol. The molecule has 702 valence electrons. The number of nitrogens with one attached hydrogen (secondary N) is 2. The smallest absolute Gasteiger partial charge is 0.223 e. The van der Waals surface area contributed by atoms with E-state index >= 15 is 0 Å². The van der Waals surface area contributed by atoms with Gasteiger partial charge in [0.05, 0.1) is 44.5 Å². The number of hydrogen-bond acceptors (Lipinski definition) is 10. The van der Waals surface area contributed by atoms with Gasteiger partial charge in [0.2, 0.25) is 17.7 Å². The lowest BCUT2D eigenvalue weighted by Gasteiger charge is -2.36. The van der Waals surface area contributed by atoms with Crippen molar-refractivity contribution >= 4 is 89.3 Å². The van der Waals surface area contributed by atoms with Gasteiger partial charge in [-0.25, -0.2) is 19.9 Å². The Balaban J connectivity index is 0.000000203. The number of amides is 3. The van der Waals surface area contributed by atoms with Crippen molar-refractivity contribution < 1.29 is 14.4 Å². The first-order valence-corrected chi connectivity index (χ1v) is 50.9. The van der Waals surface area contributed by atoms with Crippen LogP contribution in [0.25, 0.3) is 65.8 Å². The predicted octanol–water partition coefficient (Wildman–Crippen LogP) is 29.0. The zero-order chi connectivity index (χ0) is 92.8. The van der Waals surface area contributed by atoms with Crippen molar-refractivity contribution in [3.8, 4) is 0 Å². The molecule has 0 bridgehead atoms. The summed E-state index contributed by atoms with van der Waals surface area (Å²) in [5.41, 5.74) is 25.0. The minimum Gasteiger partial charge on any atom is -0.382 e. The summed E-state index contributed by atoms with van der Waals surface area (Å²) in [6, 6.07) is 51.4. The Morgan fingerprint density at radius 2 is 0.608 bits per heavy atom. The molecular weight excluding hydrogens is 1600 g/mol. The highest BCUT2D eigenvalue weighted by molar-refractivity contribution is 6.07. The summed E-state index contributed by atoms with van der Waals surface area (Å²) in [6.45, 7) is 37.5. The Morgan fingerprint density at radius 3 is 0.938 bits per heavy atom. The van der Waals surface area contributed by atoms with Gasteiger partial charge in [-0.2, -0.15) is 0 Å². The maximum Gasteiger partial charge on any atom is 0.223 e. The summed E-state index contributed by atoms with van der Waals surface area (Å²) in [5.74, 6) is 4.40. The normalized spacial score (nSPS) is 11.9. The quantitative estimate of drug-likeness (QED) is 0.0309. The Kier molecular flexibility index (Phi) is 41.2. The standard InChI is InChI=1S/C39H56N4O.C38H54N4O.C37H53N5O/c1-6-8-10-11-12-13-14-15-16-22-36(44)40-28-30-23-25-31(26-24-30)29-43-35(21-9-7-2)42-37-34(27-39(3,4)5)41-33-20-18-17-19-32(33)38(37)43;1-6-8-10-11-12-13-14-15-21-35(43)39-27-29-22-24-30(25-23-29)28-42-34(20-9-7-2)41-36-33(26-38(3,4)5)40-32-19-17-16-18-31(32)37(36)42;1-6-8-10-11-12-13-14-15-21-33(43)42(37(3,4)5)27-29-24-22-28(23-25-29)26-41-32(20-9-7-2)40-34-35(41)30-18-16-17-19-31(30)39-36(34)38/h17-20,23-26H,6-16,21-22,27-29H2,1-5H3,(H,40,44);16-19,22-25H,6-15,20-21,26-28H2,1-5H3,(H,39,43);16-19,22-25H,6-15,20-21,26-27H2,1-5H3,(H2,38,39). The molecule has 130 heavy (non-hydrogen) atoms. The number of imidazole rings is 3. The molecule has 3 amide bonds. The fraction of sp³-hybridized carbons (Fsp3) is 0.553. The first kappa shape index (κ1) is 102. The number of nitrogens with zero attached hydrogens (tertiary/aromatic N) is 10. The number of hydrogen-bond donors (Lipinski definition) is 3. The number of carbonyl (C=O) groups is 3. The molecule has 16 heteroatoms. The van der Waals surface area contributed by atoms with Crippen LogP contribution in [0.4, 0.5) is 5.82 Å². The van der Waals surface area contributed by atoms with Gasteiger partial charge in [-0.15, -0.1) is 0 Å². The molecule has 6 aromatic carbocycles. The average molecular weight is 1760 g/mol. The number of para-hydroxylation sites is 3. The molecule has 0 radical (unpaired) electrons. The van der Waals surface area contributed by atoms with E-state index in [0.29, 0.717) is 51.3 Å². The van der Waals surface area contributed by atoms with Crippen molar-refractivity contribution in [3.05, 3.63) is 208 Å². The molecule has 0 aliphatic carbocycles. The second kappa shape index (κ2) is 52.4. The second-order valence-electron chi connectivity index (χ2n) is 40.6. The fourth-order valence-corrected chi connectivity index (χ4v) is 18.0. The van der Waals surface area contributed by atoms with Crippen LogP contribution in [0, 0.1) is 10.8 Å². The fourth-order valence-electron chi connectivity index (χ4n) is 18.0. The summed E-state index contributed by atoms with van der Waals surface area (Å²) in [5, 5.41) is 9.67. The zero-order valence-corrected chi connectivity index (χ0v) is 83.0. The maximum atomic E-state index is 13.3. The summed E-state index contributed by atoms with van der Waals surface area (Å²) >= 11 is 0. The molecule has 0 aliphatic rings. The van der Waals surface area contributed by atoms with Crippen molar-refractivity contribution in [1.82, 2.24) is 59.1 Å². The molecule has 0 saturated carbocycles. The number of aryl methyl sites for hydroxylation is 3. The SMILES string of the molecule is CCCCCCCCCCC(=O)N(Cc1ccc(Cn2c(CCCC)nc3c(N)nc4ccccc4c32)cc1)C(C)(C)C.CCCCCCCCCCC(=O)NCc1ccc(Cn2c(CCCC)nc3c(CC(C)(C)C)nc4ccccc4c32)cc1.CCCCCCCCCCCC(=O)NCc1ccc(Cn2c(CCCC)nc3c(CC(C)(C)C)nc4ccccc4c32)cc1. The van der Waals surface area contributed by atoms with E-state index in [-0.39, 0.29) is 34.1 Å². The van der Waals surface area contributed by atoms with Gasteiger partial charge in [-0.3, -0.25) is 24.4 Å². The number of unbranched alkanes of at least 4 members (excludes halogenated alkanes) is 25. The molecule has 6 heterocycles. The Labute approximate surface area is 781 Å². The van der Waals surface area contributed by atoms with Crippen molar-refractivity contribution in [1.29, 1.82) is 0 Å². The first-order chi connectivity index (χ1) is 62.8. The number of rotatable bonds is 51. The number of nitrogen functional groups attached to an aromatic ring is 1. The van der Waals surface area contributed by atoms with Crippen LogP contribution in [0.2, 0.25) is 0 Å². The molecule has 16 nitrogen and oxygen atoms in total. The number of pyridine rings is 3. The Hall–Kier alpha value is -9.83. The van der Waals surface area contributed by atoms with E-state index in [9.17, 15) is 14.4 Å². The van der Waals surface area contributed by atoms with E-state index in [1.807, 2.05) is 12.1 Å². The highest BCUT2D eigenvalue weighted by atomic mass is 16.2. The van der Waals surface area contributed by atoms with E-state index in [1.165, 1.54) is 160 Å². The van der Waals surface area contributed by atoms with Crippen LogP contribution in [0.5, 0.6) is 0 Å². The lowest BCUT2D eigenvalue weighted by molar-refractivity contribution is -0.137. The molecule has 0 aliphatic heterocycles. The second-order valence-corrected chi connectivity index (χ2v) is 40.6. The van der Waals surface area contributed by atoms with E-state index in [4.69, 9.17) is 30.7 Å². The maximum absolute atomic E-state index is 13.3. The summed E-state index contributed by atoms with van der Waals surface area (Å²) < 4.78 is 7.19. The first-order valence-electron chi connectivity index (χ1n) is 50.9. The van der Waals surface area contributed by atoms with Crippen LogP contribution in [0.1, 0.15) is 384 Å². The van der Waals surface area contributed by atoms with E-state index < -0.39 is 0 Å². The van der Waals surface area contributed by atoms with Crippen LogP contribution in [-0.2, 0) is 85.8 Å². The molecule has 12 aromatic rings. The minimum atomic E-state index is -0.227. The van der Waals surface area contributed by atoms with E-state index in [0.717, 1.165) is 212 Å². The summed E-state index contributed by atoms with van der Waals surface area (Å²) in [6.07, 6.45) is 44.5. The number of fused-ring (bicyclic) bond motifs is 9. The lowest BCUT2D eigenvalue weighted by atomic mass is 9.89. The molecule has 0 saturated heterocycles. The largest absolute Gasteiger partial charge is 0.382 e. The zero-order valence-electron chi connectivity index (χ0n) is 83.0. The van der Waals surface area contributed by atoms with Gasteiger partial charge in [0.25, 0.3) is 0 Å². The predicted molar refractivity (Wildman–Crippen MR) is 549 cm³/mol. The van der Waals surface area contributed by atoms with Crippen LogP contribution in [0.3, 0.4) is 0 Å². The Bertz CT molecular complexity index is 5440. The summed E-state index contributed by atoms with van der Waals surface area (Å²) in [4.78, 5) is 70.6. The molecule has 0 atom stereocenters. The van der Waals surface area contributed by atoms with Gasteiger partial charge >= 0.3 is 0 Å². The third-order valence-electron chi connectivity index (χ3n) is 25.3. The molecule has 12 rings (SSSR count). The molecule has 0 unspecified atom stereocenters. The highest BCUT2D eigenvalue weighted by Gasteiger charge is 2.29. The van der Waals surface area contributed by atoms with Gasteiger partial charge in [-0.05, 0) is 135 Å². The molecule has 4 N–H and O–H groups in total. The number of benzene rings is 6. The van der Waals surface area contributed by atoms with Crippen molar-refractivity contribution in [2.45, 2.75) is 399 Å². The number of anilines is 1. The summed E-state index contributed by atoms with van der Waals surface area (Å²) in [7, 11) is 0. The van der Waals surface area contributed by atoms with Gasteiger partial charge in [-0.1, -0.05) is 371 Å². The van der Waals surface area contributed by atoms with Crippen LogP contribution in [0.15, 0.2) is 146 Å². The average Bonchev–Trinajstić information content (AvgIpc) is 1.56. The highest BCUT2D eigenvalue weighted by Crippen LogP contribution is 2.37. The number of carbonyl (C=O) groups excluding carboxylic acids is 3. The molecule has 6 aromatic heterocycles. The van der Waals surface area contributed by atoms with Crippen molar-refractivity contribution in [2.24, 2.45) is 10.8 Å². The molecular formula is C114H163N13O3. The molecule has 0 fully saturated rings. The van der Waals surface area contributed by atoms with Crippen LogP contribution < -0.4 is 16.4 Å².